The molecule has 7 nitrogen and oxygen atoms in total. The number of para-hydroxylation sites is 1. The highest BCUT2D eigenvalue weighted by Gasteiger charge is 2.15. The second kappa shape index (κ2) is 7.59. The first-order chi connectivity index (χ1) is 12.4. The van der Waals surface area contributed by atoms with Crippen LogP contribution in [0.15, 0.2) is 59.2 Å². The molecule has 1 heterocycles. The molecule has 0 saturated carbocycles. The minimum Gasteiger partial charge on any atom is -0.479 e. The standard InChI is InChI=1S/C18H17NO6S/c20-17(21)11-24-16-8-4-7-15-14(10-25-18(15)16)9-19-26(22,23)12-13-5-2-1-3-6-13/h1-8,10,19H,9,11-12H2,(H,20,21). The van der Waals surface area contributed by atoms with Crippen LogP contribution in [0.3, 0.4) is 0 Å². The predicted octanol–water partition coefficient (Wildman–Crippen LogP) is 2.52. The normalized spacial score (nSPS) is 11.5. The number of carbonyl (C=O) groups is 1. The van der Waals surface area contributed by atoms with Crippen LogP contribution in [0.5, 0.6) is 5.75 Å². The topological polar surface area (TPSA) is 106 Å². The van der Waals surface area contributed by atoms with E-state index in [1.54, 1.807) is 42.5 Å². The van der Waals surface area contributed by atoms with Gasteiger partial charge in [-0.05, 0) is 11.6 Å². The Labute approximate surface area is 150 Å². The smallest absolute Gasteiger partial charge is 0.341 e. The van der Waals surface area contributed by atoms with Crippen molar-refractivity contribution in [2.75, 3.05) is 6.61 Å². The lowest BCUT2D eigenvalue weighted by Crippen LogP contribution is -2.24. The molecule has 0 spiro atoms. The number of fused-ring (bicyclic) bond motifs is 1. The Morgan fingerprint density at radius 1 is 1.12 bits per heavy atom. The lowest BCUT2D eigenvalue weighted by atomic mass is 10.2. The van der Waals surface area contributed by atoms with Crippen molar-refractivity contribution in [1.29, 1.82) is 0 Å². The van der Waals surface area contributed by atoms with Crippen molar-refractivity contribution in [3.8, 4) is 5.75 Å². The molecule has 0 saturated heterocycles. The van der Waals surface area contributed by atoms with E-state index in [2.05, 4.69) is 4.72 Å². The van der Waals surface area contributed by atoms with Crippen molar-refractivity contribution < 1.29 is 27.5 Å². The van der Waals surface area contributed by atoms with Crippen LogP contribution < -0.4 is 9.46 Å². The average Bonchev–Trinajstić information content (AvgIpc) is 3.02. The number of aliphatic carboxylic acids is 1. The summed E-state index contributed by atoms with van der Waals surface area (Å²) < 4.78 is 37.7. The molecule has 0 aliphatic rings. The Kier molecular flexibility index (Phi) is 5.24. The van der Waals surface area contributed by atoms with E-state index in [1.807, 2.05) is 6.07 Å². The number of hydrogen-bond donors (Lipinski definition) is 2. The van der Waals surface area contributed by atoms with Crippen LogP contribution in [0, 0.1) is 0 Å². The SMILES string of the molecule is O=C(O)COc1cccc2c(CNS(=O)(=O)Cc3ccccc3)coc12. The highest BCUT2D eigenvalue weighted by molar-refractivity contribution is 7.88. The number of nitrogens with one attached hydrogen (secondary N) is 1. The Bertz CT molecular complexity index is 1010. The van der Waals surface area contributed by atoms with E-state index in [1.165, 1.54) is 6.26 Å². The number of benzene rings is 2. The molecule has 0 fully saturated rings. The van der Waals surface area contributed by atoms with Crippen LogP contribution in [0.1, 0.15) is 11.1 Å². The number of carboxylic acid groups (broad SMARTS) is 1. The number of rotatable bonds is 8. The molecule has 8 heteroatoms. The summed E-state index contributed by atoms with van der Waals surface area (Å²) in [7, 11) is -3.51. The van der Waals surface area contributed by atoms with Crippen molar-refractivity contribution in [2.45, 2.75) is 12.3 Å². The first kappa shape index (κ1) is 18.0. The van der Waals surface area contributed by atoms with Gasteiger partial charge in [0.05, 0.1) is 12.0 Å². The second-order valence-corrected chi connectivity index (χ2v) is 7.45. The lowest BCUT2D eigenvalue weighted by molar-refractivity contribution is -0.139. The van der Waals surface area contributed by atoms with Gasteiger partial charge in [0.15, 0.2) is 17.9 Å². The number of carboxylic acids is 1. The summed E-state index contributed by atoms with van der Waals surface area (Å²) in [5.41, 5.74) is 1.71. The summed E-state index contributed by atoms with van der Waals surface area (Å²) in [5.74, 6) is -0.915. The highest BCUT2D eigenvalue weighted by atomic mass is 32.2. The van der Waals surface area contributed by atoms with E-state index in [4.69, 9.17) is 14.3 Å². The van der Waals surface area contributed by atoms with Crippen LogP contribution in [-0.2, 0) is 27.1 Å². The minimum atomic E-state index is -3.51. The van der Waals surface area contributed by atoms with Gasteiger partial charge in [-0.25, -0.2) is 17.9 Å². The van der Waals surface area contributed by atoms with Crippen molar-refractivity contribution >= 4 is 27.0 Å². The van der Waals surface area contributed by atoms with Crippen molar-refractivity contribution in [1.82, 2.24) is 4.72 Å². The van der Waals surface area contributed by atoms with Gasteiger partial charge in [0, 0.05) is 17.5 Å². The molecule has 0 atom stereocenters. The van der Waals surface area contributed by atoms with Crippen LogP contribution in [0.4, 0.5) is 0 Å². The van der Waals surface area contributed by atoms with E-state index in [0.717, 1.165) is 0 Å². The third kappa shape index (κ3) is 4.41. The van der Waals surface area contributed by atoms with Gasteiger partial charge in [-0.1, -0.05) is 42.5 Å². The molecule has 0 bridgehead atoms. The quantitative estimate of drug-likeness (QED) is 0.627. The fraction of sp³-hybridized carbons (Fsp3) is 0.167. The first-order valence-electron chi connectivity index (χ1n) is 7.79. The number of furan rings is 1. The van der Waals surface area contributed by atoms with Crippen LogP contribution in [-0.4, -0.2) is 26.1 Å². The average molecular weight is 375 g/mol. The molecule has 0 radical (unpaired) electrons. The molecule has 0 amide bonds. The molecule has 0 unspecified atom stereocenters. The Morgan fingerprint density at radius 2 is 1.88 bits per heavy atom. The van der Waals surface area contributed by atoms with Crippen LogP contribution >= 0.6 is 0 Å². The van der Waals surface area contributed by atoms with Gasteiger partial charge < -0.3 is 14.3 Å². The van der Waals surface area contributed by atoms with Gasteiger partial charge in [0.1, 0.15) is 0 Å². The molecule has 26 heavy (non-hydrogen) atoms. The number of sulfonamides is 1. The molecule has 0 aliphatic heterocycles. The molecule has 1 aromatic heterocycles. The summed E-state index contributed by atoms with van der Waals surface area (Å²) in [5, 5.41) is 9.38. The first-order valence-corrected chi connectivity index (χ1v) is 9.45. The number of hydrogen-bond acceptors (Lipinski definition) is 5. The molecule has 3 aromatic rings. The van der Waals surface area contributed by atoms with Crippen molar-refractivity contribution in [3.05, 3.63) is 65.9 Å². The van der Waals surface area contributed by atoms with E-state index >= 15 is 0 Å². The third-order valence-electron chi connectivity index (χ3n) is 3.68. The zero-order valence-corrected chi connectivity index (χ0v) is 14.5. The lowest BCUT2D eigenvalue weighted by Gasteiger charge is -2.06. The van der Waals surface area contributed by atoms with Gasteiger partial charge in [-0.2, -0.15) is 0 Å². The summed E-state index contributed by atoms with van der Waals surface area (Å²) in [4.78, 5) is 10.6. The molecule has 2 aromatic carbocycles. The largest absolute Gasteiger partial charge is 0.479 e. The van der Waals surface area contributed by atoms with E-state index in [9.17, 15) is 13.2 Å². The third-order valence-corrected chi connectivity index (χ3v) is 4.97. The maximum atomic E-state index is 12.2. The van der Waals surface area contributed by atoms with Gasteiger partial charge in [-0.15, -0.1) is 0 Å². The minimum absolute atomic E-state index is 0.0601. The molecule has 3 rings (SSSR count). The Hall–Kier alpha value is -2.84. The van der Waals surface area contributed by atoms with Gasteiger partial charge in [0.2, 0.25) is 10.0 Å². The maximum absolute atomic E-state index is 12.2. The van der Waals surface area contributed by atoms with Gasteiger partial charge in [0.25, 0.3) is 0 Å². The fourth-order valence-electron chi connectivity index (χ4n) is 2.51. The monoisotopic (exact) mass is 375 g/mol. The number of ether oxygens (including phenoxy) is 1. The van der Waals surface area contributed by atoms with Crippen molar-refractivity contribution in [2.24, 2.45) is 0 Å². The van der Waals surface area contributed by atoms with E-state index in [0.29, 0.717) is 27.8 Å². The molecule has 0 aliphatic carbocycles. The molecular formula is C18H17NO6S. The zero-order valence-electron chi connectivity index (χ0n) is 13.7. The Morgan fingerprint density at radius 3 is 2.62 bits per heavy atom. The second-order valence-electron chi connectivity index (χ2n) is 5.64. The van der Waals surface area contributed by atoms with Gasteiger partial charge in [-0.3, -0.25) is 0 Å². The summed E-state index contributed by atoms with van der Waals surface area (Å²) in [6, 6.07) is 13.9. The van der Waals surface area contributed by atoms with E-state index in [-0.39, 0.29) is 12.3 Å². The highest BCUT2D eigenvalue weighted by Crippen LogP contribution is 2.29. The molecule has 2 N–H and O–H groups in total. The van der Waals surface area contributed by atoms with Gasteiger partial charge >= 0.3 is 5.97 Å². The zero-order chi connectivity index (χ0) is 18.6. The predicted molar refractivity (Wildman–Crippen MR) is 95.3 cm³/mol. The maximum Gasteiger partial charge on any atom is 0.341 e. The summed E-state index contributed by atoms with van der Waals surface area (Å²) in [6.07, 6.45) is 1.43. The van der Waals surface area contributed by atoms with Crippen LogP contribution in [0.25, 0.3) is 11.0 Å². The molecular weight excluding hydrogens is 358 g/mol. The van der Waals surface area contributed by atoms with E-state index < -0.39 is 22.6 Å². The molecule has 136 valence electrons. The Balaban J connectivity index is 1.73. The summed E-state index contributed by atoms with van der Waals surface area (Å²) in [6.45, 7) is -0.427. The van der Waals surface area contributed by atoms with Crippen LogP contribution in [0.2, 0.25) is 0 Å². The van der Waals surface area contributed by atoms with Crippen molar-refractivity contribution in [3.63, 3.8) is 0 Å². The fourth-order valence-corrected chi connectivity index (χ4v) is 3.61. The summed E-state index contributed by atoms with van der Waals surface area (Å²) >= 11 is 0.